The number of hydrogen-bond donors (Lipinski definition) is 2. The zero-order valence-electron chi connectivity index (χ0n) is 14.7. The topological polar surface area (TPSA) is 76.1 Å². The normalized spacial score (nSPS) is 10.2. The zero-order chi connectivity index (χ0) is 18.4. The molecule has 1 heterocycles. The van der Waals surface area contributed by atoms with Gasteiger partial charge in [-0.2, -0.15) is 0 Å². The highest BCUT2D eigenvalue weighted by Crippen LogP contribution is 2.20. The Morgan fingerprint density at radius 1 is 0.923 bits per heavy atom. The van der Waals surface area contributed by atoms with Crippen molar-refractivity contribution in [3.05, 3.63) is 72.1 Å². The molecule has 0 saturated carbocycles. The lowest BCUT2D eigenvalue weighted by Crippen LogP contribution is -2.05. The Balaban J connectivity index is 1.74. The van der Waals surface area contributed by atoms with Crippen molar-refractivity contribution in [3.63, 3.8) is 0 Å². The van der Waals surface area contributed by atoms with Gasteiger partial charge in [-0.05, 0) is 50.2 Å². The molecule has 0 amide bonds. The molecule has 0 saturated heterocycles. The van der Waals surface area contributed by atoms with Gasteiger partial charge < -0.3 is 15.4 Å². The Hall–Kier alpha value is -3.41. The predicted molar refractivity (Wildman–Crippen MR) is 102 cm³/mol. The fourth-order valence-electron chi connectivity index (χ4n) is 2.42. The van der Waals surface area contributed by atoms with E-state index in [2.05, 4.69) is 20.6 Å². The van der Waals surface area contributed by atoms with Crippen molar-refractivity contribution in [3.8, 4) is 0 Å². The van der Waals surface area contributed by atoms with E-state index in [4.69, 9.17) is 4.74 Å². The second kappa shape index (κ2) is 8.11. The molecule has 6 nitrogen and oxygen atoms in total. The highest BCUT2D eigenvalue weighted by atomic mass is 16.5. The highest BCUT2D eigenvalue weighted by Gasteiger charge is 2.07. The van der Waals surface area contributed by atoms with Crippen LogP contribution >= 0.6 is 0 Å². The third-order valence-corrected chi connectivity index (χ3v) is 3.55. The SMILES string of the molecule is CCOC(=O)c1ccc(Nc2cc(Nc3ccccc3)nc(C)n2)cc1. The van der Waals surface area contributed by atoms with E-state index in [1.54, 1.807) is 19.1 Å². The summed E-state index contributed by atoms with van der Waals surface area (Å²) >= 11 is 0. The Labute approximate surface area is 152 Å². The average molecular weight is 348 g/mol. The Kier molecular flexibility index (Phi) is 5.43. The number of nitrogens with one attached hydrogen (secondary N) is 2. The predicted octanol–water partition coefficient (Wildman–Crippen LogP) is 4.45. The van der Waals surface area contributed by atoms with Gasteiger partial charge in [0.1, 0.15) is 17.5 Å². The second-order valence-electron chi connectivity index (χ2n) is 5.60. The Bertz CT molecular complexity index is 880. The molecule has 0 unspecified atom stereocenters. The molecule has 3 aromatic rings. The molecule has 26 heavy (non-hydrogen) atoms. The molecule has 0 bridgehead atoms. The standard InChI is InChI=1S/C20H20N4O2/c1-3-26-20(25)15-9-11-17(12-10-15)24-19-13-18(21-14(2)22-19)23-16-7-5-4-6-8-16/h4-13H,3H2,1-2H3,(H2,21,22,23,24). The zero-order valence-corrected chi connectivity index (χ0v) is 14.7. The first-order chi connectivity index (χ1) is 12.6. The van der Waals surface area contributed by atoms with Crippen molar-refractivity contribution in [1.82, 2.24) is 9.97 Å². The summed E-state index contributed by atoms with van der Waals surface area (Å²) in [4.78, 5) is 20.5. The van der Waals surface area contributed by atoms with Gasteiger partial charge in [-0.15, -0.1) is 0 Å². The van der Waals surface area contributed by atoms with Crippen LogP contribution in [0.2, 0.25) is 0 Å². The largest absolute Gasteiger partial charge is 0.462 e. The van der Waals surface area contributed by atoms with Crippen LogP contribution in [0.1, 0.15) is 23.1 Å². The number of aryl methyl sites for hydroxylation is 1. The monoisotopic (exact) mass is 348 g/mol. The first-order valence-electron chi connectivity index (χ1n) is 8.36. The van der Waals surface area contributed by atoms with E-state index in [1.165, 1.54) is 0 Å². The number of rotatable bonds is 6. The Morgan fingerprint density at radius 2 is 1.50 bits per heavy atom. The van der Waals surface area contributed by atoms with Crippen LogP contribution in [0.4, 0.5) is 23.0 Å². The molecule has 2 aromatic carbocycles. The fraction of sp³-hybridized carbons (Fsp3) is 0.150. The smallest absolute Gasteiger partial charge is 0.338 e. The Morgan fingerprint density at radius 3 is 2.08 bits per heavy atom. The number of para-hydroxylation sites is 1. The number of aromatic nitrogens is 2. The summed E-state index contributed by atoms with van der Waals surface area (Å²) in [5.41, 5.74) is 2.29. The van der Waals surface area contributed by atoms with Gasteiger partial charge in [0.05, 0.1) is 12.2 Å². The van der Waals surface area contributed by atoms with Gasteiger partial charge in [-0.3, -0.25) is 0 Å². The number of nitrogens with zero attached hydrogens (tertiary/aromatic N) is 2. The molecule has 0 aliphatic carbocycles. The van der Waals surface area contributed by atoms with E-state index >= 15 is 0 Å². The van der Waals surface area contributed by atoms with Crippen LogP contribution in [0.3, 0.4) is 0 Å². The number of benzene rings is 2. The summed E-state index contributed by atoms with van der Waals surface area (Å²) in [5.74, 6) is 1.69. The van der Waals surface area contributed by atoms with Gasteiger partial charge in [0, 0.05) is 17.4 Å². The van der Waals surface area contributed by atoms with Crippen molar-refractivity contribution >= 4 is 29.0 Å². The summed E-state index contributed by atoms with van der Waals surface area (Å²) < 4.78 is 4.99. The molecule has 0 spiro atoms. The minimum absolute atomic E-state index is 0.328. The van der Waals surface area contributed by atoms with Crippen molar-refractivity contribution in [2.75, 3.05) is 17.2 Å². The van der Waals surface area contributed by atoms with E-state index in [-0.39, 0.29) is 5.97 Å². The molecule has 0 atom stereocenters. The van der Waals surface area contributed by atoms with Crippen LogP contribution in [0.15, 0.2) is 60.7 Å². The maximum absolute atomic E-state index is 11.7. The van der Waals surface area contributed by atoms with E-state index in [9.17, 15) is 4.79 Å². The summed E-state index contributed by atoms with van der Waals surface area (Å²) in [6.45, 7) is 3.98. The third kappa shape index (κ3) is 4.57. The van der Waals surface area contributed by atoms with Crippen LogP contribution < -0.4 is 10.6 Å². The number of ether oxygens (including phenoxy) is 1. The van der Waals surface area contributed by atoms with Gasteiger partial charge in [-0.25, -0.2) is 14.8 Å². The molecule has 0 fully saturated rings. The molecule has 1 aromatic heterocycles. The molecule has 132 valence electrons. The van der Waals surface area contributed by atoms with E-state index in [0.717, 1.165) is 11.4 Å². The van der Waals surface area contributed by atoms with Gasteiger partial charge in [0.15, 0.2) is 0 Å². The van der Waals surface area contributed by atoms with Gasteiger partial charge in [-0.1, -0.05) is 18.2 Å². The minimum atomic E-state index is -0.328. The van der Waals surface area contributed by atoms with E-state index in [0.29, 0.717) is 29.6 Å². The first-order valence-corrected chi connectivity index (χ1v) is 8.36. The lowest BCUT2D eigenvalue weighted by Gasteiger charge is -2.10. The van der Waals surface area contributed by atoms with Crippen molar-refractivity contribution in [2.45, 2.75) is 13.8 Å². The van der Waals surface area contributed by atoms with Gasteiger partial charge >= 0.3 is 5.97 Å². The summed E-state index contributed by atoms with van der Waals surface area (Å²) in [6.07, 6.45) is 0. The molecule has 0 radical (unpaired) electrons. The number of hydrogen-bond acceptors (Lipinski definition) is 6. The number of esters is 1. The van der Waals surface area contributed by atoms with Crippen molar-refractivity contribution < 1.29 is 9.53 Å². The summed E-state index contributed by atoms with van der Waals surface area (Å²) in [5, 5.41) is 6.48. The lowest BCUT2D eigenvalue weighted by molar-refractivity contribution is 0.0526. The van der Waals surface area contributed by atoms with Gasteiger partial charge in [0.2, 0.25) is 0 Å². The van der Waals surface area contributed by atoms with Crippen LogP contribution in [-0.4, -0.2) is 22.5 Å². The maximum atomic E-state index is 11.7. The molecule has 6 heteroatoms. The highest BCUT2D eigenvalue weighted by molar-refractivity contribution is 5.89. The van der Waals surface area contributed by atoms with Crippen LogP contribution in [0.25, 0.3) is 0 Å². The van der Waals surface area contributed by atoms with Crippen LogP contribution in [0.5, 0.6) is 0 Å². The average Bonchev–Trinajstić information content (AvgIpc) is 2.63. The van der Waals surface area contributed by atoms with E-state index < -0.39 is 0 Å². The summed E-state index contributed by atoms with van der Waals surface area (Å²) in [7, 11) is 0. The number of carbonyl (C=O) groups is 1. The molecule has 0 aliphatic rings. The van der Waals surface area contributed by atoms with Crippen molar-refractivity contribution in [1.29, 1.82) is 0 Å². The molecular weight excluding hydrogens is 328 g/mol. The molecule has 0 aliphatic heterocycles. The molecular formula is C20H20N4O2. The van der Waals surface area contributed by atoms with Crippen LogP contribution in [-0.2, 0) is 4.74 Å². The minimum Gasteiger partial charge on any atom is -0.462 e. The summed E-state index contributed by atoms with van der Waals surface area (Å²) in [6, 6.07) is 18.7. The quantitative estimate of drug-likeness (QED) is 0.641. The fourth-order valence-corrected chi connectivity index (χ4v) is 2.42. The van der Waals surface area contributed by atoms with Gasteiger partial charge in [0.25, 0.3) is 0 Å². The van der Waals surface area contributed by atoms with E-state index in [1.807, 2.05) is 55.5 Å². The molecule has 3 rings (SSSR count). The third-order valence-electron chi connectivity index (χ3n) is 3.55. The number of carbonyl (C=O) groups excluding carboxylic acids is 1. The number of anilines is 4. The lowest BCUT2D eigenvalue weighted by atomic mass is 10.2. The van der Waals surface area contributed by atoms with Crippen LogP contribution in [0, 0.1) is 6.92 Å². The molecule has 2 N–H and O–H groups in total. The second-order valence-corrected chi connectivity index (χ2v) is 5.60. The van der Waals surface area contributed by atoms with Crippen molar-refractivity contribution in [2.24, 2.45) is 0 Å². The maximum Gasteiger partial charge on any atom is 0.338 e. The first kappa shape index (κ1) is 17.4.